The van der Waals surface area contributed by atoms with Gasteiger partial charge in [-0.2, -0.15) is 0 Å². The van der Waals surface area contributed by atoms with E-state index in [1.807, 2.05) is 24.3 Å². The van der Waals surface area contributed by atoms with Crippen molar-refractivity contribution in [2.24, 2.45) is 0 Å². The van der Waals surface area contributed by atoms with Gasteiger partial charge in [-0.3, -0.25) is 9.00 Å². The van der Waals surface area contributed by atoms with Crippen LogP contribution in [0.25, 0.3) is 0 Å². The van der Waals surface area contributed by atoms with Gasteiger partial charge in [-0.1, -0.05) is 11.6 Å². The number of halogens is 2. The summed E-state index contributed by atoms with van der Waals surface area (Å²) in [5.74, 6) is 0.271. The van der Waals surface area contributed by atoms with Crippen LogP contribution in [0.2, 0.25) is 5.02 Å². The quantitative estimate of drug-likeness (QED) is 0.585. The summed E-state index contributed by atoms with van der Waals surface area (Å²) in [7, 11) is -1.38. The third-order valence-corrected chi connectivity index (χ3v) is 6.58. The molecule has 0 bridgehead atoms. The normalized spacial score (nSPS) is 15.3. The number of nitrogens with zero attached hydrogens (tertiary/aromatic N) is 2. The summed E-state index contributed by atoms with van der Waals surface area (Å²) in [5, 5.41) is 0.696. The second-order valence-electron chi connectivity index (χ2n) is 6.97. The minimum absolute atomic E-state index is 0.128. The summed E-state index contributed by atoms with van der Waals surface area (Å²) in [6.45, 7) is 2.60. The fourth-order valence-electron chi connectivity index (χ4n) is 3.34. The molecule has 1 aliphatic rings. The highest BCUT2D eigenvalue weighted by molar-refractivity contribution is 7.84. The smallest absolute Gasteiger partial charge is 0.289 e. The van der Waals surface area contributed by atoms with Crippen LogP contribution in [0.5, 0.6) is 0 Å². The van der Waals surface area contributed by atoms with Crippen molar-refractivity contribution in [3.63, 3.8) is 0 Å². The van der Waals surface area contributed by atoms with Gasteiger partial charge in [0.15, 0.2) is 5.76 Å². The van der Waals surface area contributed by atoms with Crippen LogP contribution >= 0.6 is 11.6 Å². The molecule has 0 spiro atoms. The molecule has 4 rings (SSSR count). The van der Waals surface area contributed by atoms with Crippen molar-refractivity contribution in [3.8, 4) is 0 Å². The largest absolute Gasteiger partial charge is 0.455 e. The number of hydrogen-bond donors (Lipinski definition) is 0. The summed E-state index contributed by atoms with van der Waals surface area (Å²) in [6, 6.07) is 16.5. The first kappa shape index (κ1) is 20.6. The summed E-state index contributed by atoms with van der Waals surface area (Å²) < 4.78 is 31.1. The lowest BCUT2D eigenvalue weighted by Crippen LogP contribution is -2.48. The van der Waals surface area contributed by atoms with Gasteiger partial charge in [0, 0.05) is 41.8 Å². The van der Waals surface area contributed by atoms with Crippen molar-refractivity contribution >= 4 is 34.0 Å². The standard InChI is InChI=1S/C22H20ClFN2O3S/c23-16-1-5-18(6-2-16)25-11-13-26(14-12-25)22(27)21-10-7-19(29-21)15-30(28)20-8-3-17(24)4-9-20/h1-10H,11-15H2/t30-/m0/s1. The Bertz CT molecular complexity index is 1050. The Kier molecular flexibility index (Phi) is 6.20. The van der Waals surface area contributed by atoms with Crippen LogP contribution in [0.4, 0.5) is 10.1 Å². The lowest BCUT2D eigenvalue weighted by Gasteiger charge is -2.35. The van der Waals surface area contributed by atoms with E-state index in [-0.39, 0.29) is 23.2 Å². The van der Waals surface area contributed by atoms with Crippen LogP contribution < -0.4 is 4.90 Å². The molecule has 3 aromatic rings. The molecule has 0 saturated carbocycles. The van der Waals surface area contributed by atoms with E-state index in [0.717, 1.165) is 18.8 Å². The Morgan fingerprint density at radius 1 is 0.967 bits per heavy atom. The van der Waals surface area contributed by atoms with Crippen molar-refractivity contribution in [2.75, 3.05) is 31.1 Å². The summed E-state index contributed by atoms with van der Waals surface area (Å²) in [6.07, 6.45) is 0. The van der Waals surface area contributed by atoms with E-state index in [0.29, 0.717) is 28.8 Å². The molecule has 0 N–H and O–H groups in total. The molecule has 1 saturated heterocycles. The first-order valence-corrected chi connectivity index (χ1v) is 11.2. The Morgan fingerprint density at radius 2 is 1.63 bits per heavy atom. The summed E-state index contributed by atoms with van der Waals surface area (Å²) in [4.78, 5) is 17.2. The predicted octanol–water partition coefficient (Wildman–Crippen LogP) is 4.34. The minimum atomic E-state index is -1.38. The van der Waals surface area contributed by atoms with Crippen LogP contribution in [-0.2, 0) is 16.6 Å². The number of rotatable bonds is 5. The van der Waals surface area contributed by atoms with Crippen molar-refractivity contribution in [1.82, 2.24) is 4.90 Å². The van der Waals surface area contributed by atoms with Gasteiger partial charge in [0.2, 0.25) is 0 Å². The first-order valence-electron chi connectivity index (χ1n) is 9.52. The molecule has 1 aliphatic heterocycles. The molecule has 30 heavy (non-hydrogen) atoms. The number of anilines is 1. The maximum atomic E-state index is 13.0. The van der Waals surface area contributed by atoms with E-state index in [1.54, 1.807) is 17.0 Å². The predicted molar refractivity (Wildman–Crippen MR) is 115 cm³/mol. The van der Waals surface area contributed by atoms with Crippen LogP contribution in [-0.4, -0.2) is 41.2 Å². The van der Waals surface area contributed by atoms with Gasteiger partial charge in [0.25, 0.3) is 5.91 Å². The Morgan fingerprint density at radius 3 is 2.30 bits per heavy atom. The average molecular weight is 447 g/mol. The van der Waals surface area contributed by atoms with Crippen molar-refractivity contribution in [2.45, 2.75) is 10.6 Å². The van der Waals surface area contributed by atoms with Crippen LogP contribution in [0, 0.1) is 5.82 Å². The first-order chi connectivity index (χ1) is 14.5. The Labute approximate surface area is 181 Å². The molecule has 8 heteroatoms. The van der Waals surface area contributed by atoms with Gasteiger partial charge in [0.05, 0.1) is 16.6 Å². The van der Waals surface area contributed by atoms with E-state index >= 15 is 0 Å². The highest BCUT2D eigenvalue weighted by Gasteiger charge is 2.24. The number of amides is 1. The monoisotopic (exact) mass is 446 g/mol. The molecule has 2 heterocycles. The van der Waals surface area contributed by atoms with Gasteiger partial charge >= 0.3 is 0 Å². The molecule has 1 fully saturated rings. The van der Waals surface area contributed by atoms with Crippen molar-refractivity contribution < 1.29 is 17.8 Å². The average Bonchev–Trinajstić information content (AvgIpc) is 3.23. The maximum absolute atomic E-state index is 13.0. The van der Waals surface area contributed by atoms with Gasteiger partial charge in [0.1, 0.15) is 11.6 Å². The van der Waals surface area contributed by atoms with Crippen LogP contribution in [0.3, 0.4) is 0 Å². The van der Waals surface area contributed by atoms with Gasteiger partial charge in [-0.25, -0.2) is 4.39 Å². The zero-order valence-corrected chi connectivity index (χ0v) is 17.7. The number of hydrogen-bond acceptors (Lipinski definition) is 4. The topological polar surface area (TPSA) is 53.8 Å². The van der Waals surface area contributed by atoms with E-state index < -0.39 is 10.8 Å². The number of carbonyl (C=O) groups excluding carboxylic acids is 1. The highest BCUT2D eigenvalue weighted by Crippen LogP contribution is 2.21. The van der Waals surface area contributed by atoms with E-state index in [1.165, 1.54) is 24.3 Å². The van der Waals surface area contributed by atoms with Crippen molar-refractivity contribution in [3.05, 3.63) is 83.0 Å². The molecule has 1 atom stereocenters. The third kappa shape index (κ3) is 4.74. The Hall–Kier alpha value is -2.64. The van der Waals surface area contributed by atoms with E-state index in [2.05, 4.69) is 4.90 Å². The fraction of sp³-hybridized carbons (Fsp3) is 0.227. The number of piperazine rings is 1. The molecule has 0 unspecified atom stereocenters. The minimum Gasteiger partial charge on any atom is -0.455 e. The lowest BCUT2D eigenvalue weighted by atomic mass is 10.2. The third-order valence-electron chi connectivity index (χ3n) is 4.98. The highest BCUT2D eigenvalue weighted by atomic mass is 35.5. The molecular formula is C22H20ClFN2O3S. The van der Waals surface area contributed by atoms with Gasteiger partial charge in [-0.05, 0) is 60.7 Å². The number of benzene rings is 2. The molecule has 2 aromatic carbocycles. The number of furan rings is 1. The van der Waals surface area contributed by atoms with Gasteiger partial charge in [-0.15, -0.1) is 0 Å². The number of carbonyl (C=O) groups is 1. The molecule has 156 valence electrons. The molecule has 0 aliphatic carbocycles. The summed E-state index contributed by atoms with van der Waals surface area (Å²) in [5.41, 5.74) is 1.08. The van der Waals surface area contributed by atoms with Crippen LogP contribution in [0.15, 0.2) is 70.0 Å². The molecular weight excluding hydrogens is 427 g/mol. The fourth-order valence-corrected chi connectivity index (χ4v) is 4.49. The zero-order chi connectivity index (χ0) is 21.1. The molecule has 5 nitrogen and oxygen atoms in total. The SMILES string of the molecule is O=C(c1ccc(C[S@](=O)c2ccc(F)cc2)o1)N1CCN(c2ccc(Cl)cc2)CC1. The second kappa shape index (κ2) is 9.02. The molecule has 1 aromatic heterocycles. The molecule has 0 radical (unpaired) electrons. The maximum Gasteiger partial charge on any atom is 0.289 e. The lowest BCUT2D eigenvalue weighted by molar-refractivity contribution is 0.0713. The van der Waals surface area contributed by atoms with E-state index in [9.17, 15) is 13.4 Å². The zero-order valence-electron chi connectivity index (χ0n) is 16.1. The second-order valence-corrected chi connectivity index (χ2v) is 8.85. The Balaban J connectivity index is 1.34. The molecule has 1 amide bonds. The van der Waals surface area contributed by atoms with Crippen molar-refractivity contribution in [1.29, 1.82) is 0 Å². The van der Waals surface area contributed by atoms with Gasteiger partial charge < -0.3 is 14.2 Å². The summed E-state index contributed by atoms with van der Waals surface area (Å²) >= 11 is 5.94. The van der Waals surface area contributed by atoms with E-state index in [4.69, 9.17) is 16.0 Å². The van der Waals surface area contributed by atoms with Crippen LogP contribution in [0.1, 0.15) is 16.3 Å².